The van der Waals surface area contributed by atoms with Crippen molar-refractivity contribution in [3.63, 3.8) is 0 Å². The molecule has 0 aliphatic carbocycles. The maximum atomic E-state index is 13.1. The van der Waals surface area contributed by atoms with Crippen molar-refractivity contribution >= 4 is 11.6 Å². The standard InChI is InChI=1S/C14H17ClFN3/c1-3-6-19(2)9-10-8-17-18-14(10)12-5-4-11(16)7-13(12)15/h4-5,7-8H,3,6,9H2,1-2H3,(H,17,18). The second kappa shape index (κ2) is 6.17. The van der Waals surface area contributed by atoms with Crippen molar-refractivity contribution in [3.05, 3.63) is 40.8 Å². The maximum Gasteiger partial charge on any atom is 0.124 e. The van der Waals surface area contributed by atoms with Crippen molar-refractivity contribution in [1.29, 1.82) is 0 Å². The average Bonchev–Trinajstić information content (AvgIpc) is 2.77. The molecule has 5 heteroatoms. The van der Waals surface area contributed by atoms with Gasteiger partial charge in [0.2, 0.25) is 0 Å². The van der Waals surface area contributed by atoms with Gasteiger partial charge in [0.1, 0.15) is 5.82 Å². The van der Waals surface area contributed by atoms with Gasteiger partial charge in [-0.2, -0.15) is 5.10 Å². The lowest BCUT2D eigenvalue weighted by Gasteiger charge is -2.15. The maximum absolute atomic E-state index is 13.1. The van der Waals surface area contributed by atoms with Gasteiger partial charge in [0, 0.05) is 17.7 Å². The zero-order valence-corrected chi connectivity index (χ0v) is 11.8. The highest BCUT2D eigenvalue weighted by atomic mass is 35.5. The highest BCUT2D eigenvalue weighted by molar-refractivity contribution is 6.33. The summed E-state index contributed by atoms with van der Waals surface area (Å²) in [6, 6.07) is 4.40. The Morgan fingerprint density at radius 3 is 2.89 bits per heavy atom. The van der Waals surface area contributed by atoms with E-state index in [1.807, 2.05) is 0 Å². The SMILES string of the molecule is CCCN(C)Cc1cn[nH]c1-c1ccc(F)cc1Cl. The summed E-state index contributed by atoms with van der Waals surface area (Å²) in [5, 5.41) is 7.41. The third-order valence-electron chi connectivity index (χ3n) is 2.96. The molecule has 2 rings (SSSR count). The molecular formula is C14H17ClFN3. The van der Waals surface area contributed by atoms with Gasteiger partial charge < -0.3 is 4.90 Å². The fourth-order valence-corrected chi connectivity index (χ4v) is 2.37. The predicted octanol–water partition coefficient (Wildman–Crippen LogP) is 3.71. The normalized spacial score (nSPS) is 11.2. The lowest BCUT2D eigenvalue weighted by Crippen LogP contribution is -2.18. The number of hydrogen-bond acceptors (Lipinski definition) is 2. The monoisotopic (exact) mass is 281 g/mol. The van der Waals surface area contributed by atoms with Crippen molar-refractivity contribution in [2.24, 2.45) is 0 Å². The number of aromatic nitrogens is 2. The minimum absolute atomic E-state index is 0.335. The summed E-state index contributed by atoms with van der Waals surface area (Å²) in [7, 11) is 2.06. The van der Waals surface area contributed by atoms with Crippen LogP contribution >= 0.6 is 11.6 Å². The first-order valence-corrected chi connectivity index (χ1v) is 6.65. The van der Waals surface area contributed by atoms with Crippen molar-refractivity contribution in [3.8, 4) is 11.3 Å². The van der Waals surface area contributed by atoms with E-state index in [4.69, 9.17) is 11.6 Å². The predicted molar refractivity (Wildman–Crippen MR) is 75.6 cm³/mol. The van der Waals surface area contributed by atoms with Gasteiger partial charge in [-0.1, -0.05) is 18.5 Å². The van der Waals surface area contributed by atoms with E-state index in [-0.39, 0.29) is 5.82 Å². The Morgan fingerprint density at radius 1 is 1.42 bits per heavy atom. The van der Waals surface area contributed by atoms with Gasteiger partial charge in [0.25, 0.3) is 0 Å². The van der Waals surface area contributed by atoms with Crippen LogP contribution < -0.4 is 0 Å². The summed E-state index contributed by atoms with van der Waals surface area (Å²) in [6.45, 7) is 3.94. The molecule has 19 heavy (non-hydrogen) atoms. The molecule has 1 aromatic carbocycles. The van der Waals surface area contributed by atoms with Gasteiger partial charge in [0.05, 0.1) is 16.9 Å². The molecule has 1 N–H and O–H groups in total. The Morgan fingerprint density at radius 2 is 2.21 bits per heavy atom. The van der Waals surface area contributed by atoms with Gasteiger partial charge in [-0.05, 0) is 38.2 Å². The number of hydrogen-bond donors (Lipinski definition) is 1. The minimum Gasteiger partial charge on any atom is -0.302 e. The molecule has 0 aliphatic rings. The lowest BCUT2D eigenvalue weighted by molar-refractivity contribution is 0.328. The minimum atomic E-state index is -0.335. The van der Waals surface area contributed by atoms with Crippen LogP contribution in [-0.2, 0) is 6.54 Å². The first-order valence-electron chi connectivity index (χ1n) is 6.28. The van der Waals surface area contributed by atoms with E-state index in [0.29, 0.717) is 5.02 Å². The van der Waals surface area contributed by atoms with E-state index in [1.54, 1.807) is 12.3 Å². The molecule has 0 spiro atoms. The van der Waals surface area contributed by atoms with Gasteiger partial charge in [0.15, 0.2) is 0 Å². The molecule has 1 aromatic heterocycles. The Hall–Kier alpha value is -1.39. The van der Waals surface area contributed by atoms with E-state index >= 15 is 0 Å². The van der Waals surface area contributed by atoms with Crippen LogP contribution in [0.3, 0.4) is 0 Å². The zero-order valence-electron chi connectivity index (χ0n) is 11.1. The summed E-state index contributed by atoms with van der Waals surface area (Å²) in [5.41, 5.74) is 2.69. The molecule has 0 saturated carbocycles. The Kier molecular flexibility index (Phi) is 4.56. The zero-order chi connectivity index (χ0) is 13.8. The average molecular weight is 282 g/mol. The quantitative estimate of drug-likeness (QED) is 0.906. The number of rotatable bonds is 5. The van der Waals surface area contributed by atoms with Crippen LogP contribution in [0.4, 0.5) is 4.39 Å². The molecule has 3 nitrogen and oxygen atoms in total. The Balaban J connectivity index is 2.28. The van der Waals surface area contributed by atoms with Crippen LogP contribution in [0, 0.1) is 5.82 Å². The molecule has 0 fully saturated rings. The van der Waals surface area contributed by atoms with E-state index < -0.39 is 0 Å². The second-order valence-corrected chi connectivity index (χ2v) is 5.04. The molecule has 2 aromatic rings. The van der Waals surface area contributed by atoms with Crippen molar-refractivity contribution in [2.45, 2.75) is 19.9 Å². The summed E-state index contributed by atoms with van der Waals surface area (Å²) >= 11 is 6.09. The van der Waals surface area contributed by atoms with E-state index in [0.717, 1.165) is 36.3 Å². The number of aromatic amines is 1. The third-order valence-corrected chi connectivity index (χ3v) is 3.28. The van der Waals surface area contributed by atoms with E-state index in [2.05, 4.69) is 29.1 Å². The first kappa shape index (κ1) is 14.0. The molecule has 0 aliphatic heterocycles. The van der Waals surface area contributed by atoms with Gasteiger partial charge in [-0.3, -0.25) is 5.10 Å². The number of halogens is 2. The molecule has 0 bridgehead atoms. The Bertz CT molecular complexity index is 553. The van der Waals surface area contributed by atoms with E-state index in [1.165, 1.54) is 12.1 Å². The van der Waals surface area contributed by atoms with Gasteiger partial charge in [-0.25, -0.2) is 4.39 Å². The number of H-pyrrole nitrogens is 1. The highest BCUT2D eigenvalue weighted by Crippen LogP contribution is 2.29. The van der Waals surface area contributed by atoms with Crippen LogP contribution in [0.5, 0.6) is 0 Å². The van der Waals surface area contributed by atoms with E-state index in [9.17, 15) is 4.39 Å². The van der Waals surface area contributed by atoms with Crippen molar-refractivity contribution in [1.82, 2.24) is 15.1 Å². The molecular weight excluding hydrogens is 265 g/mol. The topological polar surface area (TPSA) is 31.9 Å². The van der Waals surface area contributed by atoms with Crippen LogP contribution in [-0.4, -0.2) is 28.7 Å². The van der Waals surface area contributed by atoms with Crippen LogP contribution in [0.2, 0.25) is 5.02 Å². The molecule has 0 radical (unpaired) electrons. The van der Waals surface area contributed by atoms with Gasteiger partial charge >= 0.3 is 0 Å². The number of benzene rings is 1. The number of nitrogens with zero attached hydrogens (tertiary/aromatic N) is 2. The smallest absolute Gasteiger partial charge is 0.124 e. The summed E-state index contributed by atoms with van der Waals surface area (Å²) < 4.78 is 13.1. The molecule has 0 unspecified atom stereocenters. The molecule has 0 atom stereocenters. The highest BCUT2D eigenvalue weighted by Gasteiger charge is 2.13. The molecule has 0 amide bonds. The largest absolute Gasteiger partial charge is 0.302 e. The van der Waals surface area contributed by atoms with Crippen molar-refractivity contribution in [2.75, 3.05) is 13.6 Å². The third kappa shape index (κ3) is 3.33. The van der Waals surface area contributed by atoms with Crippen molar-refractivity contribution < 1.29 is 4.39 Å². The molecule has 0 saturated heterocycles. The first-order chi connectivity index (χ1) is 9.11. The van der Waals surface area contributed by atoms with Crippen LogP contribution in [0.1, 0.15) is 18.9 Å². The Labute approximate surface area is 117 Å². The summed E-state index contributed by atoms with van der Waals surface area (Å²) in [6.07, 6.45) is 2.89. The summed E-state index contributed by atoms with van der Waals surface area (Å²) in [4.78, 5) is 2.21. The van der Waals surface area contributed by atoms with Crippen LogP contribution in [0.25, 0.3) is 11.3 Å². The van der Waals surface area contributed by atoms with Gasteiger partial charge in [-0.15, -0.1) is 0 Å². The fourth-order valence-electron chi connectivity index (χ4n) is 2.11. The second-order valence-electron chi connectivity index (χ2n) is 4.63. The van der Waals surface area contributed by atoms with Crippen LogP contribution in [0.15, 0.2) is 24.4 Å². The molecule has 1 heterocycles. The lowest BCUT2D eigenvalue weighted by atomic mass is 10.1. The number of nitrogens with one attached hydrogen (secondary N) is 1. The summed E-state index contributed by atoms with van der Waals surface area (Å²) in [5.74, 6) is -0.335. The fraction of sp³-hybridized carbons (Fsp3) is 0.357. The molecule has 102 valence electrons.